The molecule has 0 radical (unpaired) electrons. The summed E-state index contributed by atoms with van der Waals surface area (Å²) < 4.78 is 14.4. The van der Waals surface area contributed by atoms with Crippen molar-refractivity contribution in [3.63, 3.8) is 0 Å². The van der Waals surface area contributed by atoms with Gasteiger partial charge in [-0.1, -0.05) is 13.5 Å². The predicted octanol–water partition coefficient (Wildman–Crippen LogP) is 2.80. The fourth-order valence-electron chi connectivity index (χ4n) is 1.77. The molecule has 0 amide bonds. The normalized spacial score (nSPS) is 23.0. The number of rotatable bonds is 4. The molecular formula is C13H20O5. The summed E-state index contributed by atoms with van der Waals surface area (Å²) in [5.74, 6) is 0.103. The van der Waals surface area contributed by atoms with Crippen LogP contribution in [0.25, 0.3) is 0 Å². The highest BCUT2D eigenvalue weighted by atomic mass is 16.8. The zero-order valence-corrected chi connectivity index (χ0v) is 10.9. The summed E-state index contributed by atoms with van der Waals surface area (Å²) in [5.41, 5.74) is 0.258. The van der Waals surface area contributed by atoms with Crippen LogP contribution in [0.1, 0.15) is 39.5 Å². The van der Waals surface area contributed by atoms with E-state index in [1.54, 1.807) is 0 Å². The topological polar surface area (TPSA) is 61.8 Å². The third kappa shape index (κ3) is 5.21. The number of ether oxygens (including phenoxy) is 3. The summed E-state index contributed by atoms with van der Waals surface area (Å²) in [7, 11) is 0. The van der Waals surface area contributed by atoms with Crippen molar-refractivity contribution in [2.75, 3.05) is 6.79 Å². The first kappa shape index (κ1) is 14.5. The molecule has 0 aromatic heterocycles. The van der Waals surface area contributed by atoms with Crippen LogP contribution in [0.5, 0.6) is 0 Å². The summed E-state index contributed by atoms with van der Waals surface area (Å²) in [6.07, 6.45) is 2.98. The average Bonchev–Trinajstić information content (AvgIpc) is 2.32. The summed E-state index contributed by atoms with van der Waals surface area (Å²) in [5, 5.41) is 0. The summed E-state index contributed by atoms with van der Waals surface area (Å²) in [6, 6.07) is 0. The number of carbonyl (C=O) groups is 2. The Morgan fingerprint density at radius 3 is 2.33 bits per heavy atom. The predicted molar refractivity (Wildman–Crippen MR) is 64.8 cm³/mol. The van der Waals surface area contributed by atoms with E-state index < -0.39 is 18.9 Å². The lowest BCUT2D eigenvalue weighted by Crippen LogP contribution is -2.24. The fraction of sp³-hybridized carbons (Fsp3) is 0.692. The van der Waals surface area contributed by atoms with Gasteiger partial charge in [0.05, 0.1) is 0 Å². The zero-order valence-electron chi connectivity index (χ0n) is 10.9. The van der Waals surface area contributed by atoms with E-state index in [1.165, 1.54) is 6.92 Å². The van der Waals surface area contributed by atoms with E-state index in [4.69, 9.17) is 4.74 Å². The van der Waals surface area contributed by atoms with Crippen LogP contribution in [0.4, 0.5) is 4.79 Å². The fourth-order valence-corrected chi connectivity index (χ4v) is 1.77. The van der Waals surface area contributed by atoms with Crippen molar-refractivity contribution in [1.29, 1.82) is 0 Å². The second-order valence-electron chi connectivity index (χ2n) is 4.72. The molecule has 18 heavy (non-hydrogen) atoms. The minimum absolute atomic E-state index is 0.0782. The number of carbonyl (C=O) groups excluding carboxylic acids is 2. The third-order valence-electron chi connectivity index (χ3n) is 2.94. The maximum atomic E-state index is 11.3. The van der Waals surface area contributed by atoms with Gasteiger partial charge in [-0.15, -0.1) is 0 Å². The van der Waals surface area contributed by atoms with E-state index in [1.807, 2.05) is 0 Å². The van der Waals surface area contributed by atoms with Gasteiger partial charge in [0.1, 0.15) is 6.10 Å². The van der Waals surface area contributed by atoms with Crippen LogP contribution < -0.4 is 0 Å². The smallest absolute Gasteiger partial charge is 0.431 e. The van der Waals surface area contributed by atoms with Gasteiger partial charge < -0.3 is 14.2 Å². The quantitative estimate of drug-likeness (QED) is 0.439. The lowest BCUT2D eigenvalue weighted by atomic mass is 9.89. The molecule has 0 unspecified atom stereocenters. The molecule has 5 nitrogen and oxygen atoms in total. The van der Waals surface area contributed by atoms with Crippen LogP contribution in [0, 0.1) is 5.92 Å². The molecular weight excluding hydrogens is 236 g/mol. The molecule has 0 N–H and O–H groups in total. The molecule has 1 aliphatic rings. The first-order chi connectivity index (χ1) is 8.49. The van der Waals surface area contributed by atoms with E-state index in [0.29, 0.717) is 5.92 Å². The Kier molecular flexibility index (Phi) is 5.68. The minimum Gasteiger partial charge on any atom is -0.431 e. The molecule has 0 heterocycles. The standard InChI is InChI=1S/C13H20O5/c1-9(2)12(14)16-8-17-13(15)18-11-6-4-10(3)5-7-11/h10-11H,1,4-8H2,2-3H3. The molecule has 1 rings (SSSR count). The Balaban J connectivity index is 2.14. The van der Waals surface area contributed by atoms with Crippen molar-refractivity contribution in [1.82, 2.24) is 0 Å². The van der Waals surface area contributed by atoms with Crippen molar-refractivity contribution in [3.05, 3.63) is 12.2 Å². The molecule has 0 atom stereocenters. The van der Waals surface area contributed by atoms with Gasteiger partial charge in [0.2, 0.25) is 6.79 Å². The van der Waals surface area contributed by atoms with Crippen molar-refractivity contribution in [3.8, 4) is 0 Å². The molecule has 0 spiro atoms. The van der Waals surface area contributed by atoms with Gasteiger partial charge in [0, 0.05) is 5.57 Å². The van der Waals surface area contributed by atoms with Crippen LogP contribution in [0.2, 0.25) is 0 Å². The summed E-state index contributed by atoms with van der Waals surface area (Å²) in [6.45, 7) is 6.67. The summed E-state index contributed by atoms with van der Waals surface area (Å²) in [4.78, 5) is 22.3. The van der Waals surface area contributed by atoms with Gasteiger partial charge in [-0.2, -0.15) is 0 Å². The second-order valence-corrected chi connectivity index (χ2v) is 4.72. The maximum Gasteiger partial charge on any atom is 0.511 e. The SMILES string of the molecule is C=C(C)C(=O)OCOC(=O)OC1CCC(C)CC1. The zero-order chi connectivity index (χ0) is 13.5. The van der Waals surface area contributed by atoms with Crippen molar-refractivity contribution >= 4 is 12.1 Å². The molecule has 1 fully saturated rings. The second kappa shape index (κ2) is 7.03. The van der Waals surface area contributed by atoms with E-state index >= 15 is 0 Å². The minimum atomic E-state index is -0.788. The molecule has 0 aliphatic heterocycles. The van der Waals surface area contributed by atoms with Crippen molar-refractivity contribution < 1.29 is 23.8 Å². The molecule has 102 valence electrons. The lowest BCUT2D eigenvalue weighted by molar-refractivity contribution is -0.149. The molecule has 0 bridgehead atoms. The highest BCUT2D eigenvalue weighted by Crippen LogP contribution is 2.25. The highest BCUT2D eigenvalue weighted by Gasteiger charge is 2.22. The van der Waals surface area contributed by atoms with Crippen LogP contribution >= 0.6 is 0 Å². The Hall–Kier alpha value is -1.52. The monoisotopic (exact) mass is 256 g/mol. The molecule has 1 saturated carbocycles. The molecule has 0 aromatic rings. The van der Waals surface area contributed by atoms with Gasteiger partial charge in [-0.25, -0.2) is 9.59 Å². The third-order valence-corrected chi connectivity index (χ3v) is 2.94. The first-order valence-electron chi connectivity index (χ1n) is 6.15. The molecule has 0 saturated heterocycles. The van der Waals surface area contributed by atoms with E-state index in [0.717, 1.165) is 25.7 Å². The number of hydrogen-bond donors (Lipinski definition) is 0. The Labute approximate surface area is 107 Å². The van der Waals surface area contributed by atoms with Crippen LogP contribution in [0.3, 0.4) is 0 Å². The van der Waals surface area contributed by atoms with Crippen LogP contribution in [-0.4, -0.2) is 25.0 Å². The van der Waals surface area contributed by atoms with Crippen molar-refractivity contribution in [2.45, 2.75) is 45.6 Å². The largest absolute Gasteiger partial charge is 0.511 e. The van der Waals surface area contributed by atoms with Gasteiger partial charge in [-0.05, 0) is 38.5 Å². The van der Waals surface area contributed by atoms with E-state index in [-0.39, 0.29) is 11.7 Å². The van der Waals surface area contributed by atoms with Gasteiger partial charge in [0.25, 0.3) is 0 Å². The van der Waals surface area contributed by atoms with Gasteiger partial charge >= 0.3 is 12.1 Å². The molecule has 5 heteroatoms. The van der Waals surface area contributed by atoms with Crippen molar-refractivity contribution in [2.24, 2.45) is 5.92 Å². The van der Waals surface area contributed by atoms with Crippen LogP contribution in [0.15, 0.2) is 12.2 Å². The van der Waals surface area contributed by atoms with E-state index in [9.17, 15) is 9.59 Å². The summed E-state index contributed by atoms with van der Waals surface area (Å²) >= 11 is 0. The maximum absolute atomic E-state index is 11.3. The first-order valence-corrected chi connectivity index (χ1v) is 6.15. The Morgan fingerprint density at radius 2 is 1.78 bits per heavy atom. The molecule has 1 aliphatic carbocycles. The average molecular weight is 256 g/mol. The Morgan fingerprint density at radius 1 is 1.17 bits per heavy atom. The van der Waals surface area contributed by atoms with Crippen LogP contribution in [-0.2, 0) is 19.0 Å². The lowest BCUT2D eigenvalue weighted by Gasteiger charge is -2.25. The number of hydrogen-bond acceptors (Lipinski definition) is 5. The number of esters is 1. The van der Waals surface area contributed by atoms with Gasteiger partial charge in [-0.3, -0.25) is 0 Å². The Bertz CT molecular complexity index is 315. The van der Waals surface area contributed by atoms with Gasteiger partial charge in [0.15, 0.2) is 0 Å². The highest BCUT2D eigenvalue weighted by molar-refractivity contribution is 5.86. The van der Waals surface area contributed by atoms with E-state index in [2.05, 4.69) is 23.0 Å². The molecule has 0 aromatic carbocycles.